The molecule has 0 saturated carbocycles. The van der Waals surface area contributed by atoms with E-state index in [1.807, 2.05) is 6.26 Å². The van der Waals surface area contributed by atoms with Crippen LogP contribution in [0, 0.1) is 0 Å². The zero-order valence-corrected chi connectivity index (χ0v) is 9.84. The molecule has 0 bridgehead atoms. The average Bonchev–Trinajstić information content (AvgIpc) is 2.22. The first-order chi connectivity index (χ1) is 7.02. The first-order valence-corrected chi connectivity index (χ1v) is 6.20. The van der Waals surface area contributed by atoms with Crippen molar-refractivity contribution in [3.63, 3.8) is 0 Å². The summed E-state index contributed by atoms with van der Waals surface area (Å²) >= 11 is 1.54. The number of nitrogens with two attached hydrogens (primary N) is 1. The van der Waals surface area contributed by atoms with Crippen LogP contribution in [-0.4, -0.2) is 41.1 Å². The highest BCUT2D eigenvalue weighted by Gasteiger charge is 2.21. The molecule has 0 fully saturated rings. The number of hydrogen-bond acceptors (Lipinski definition) is 4. The van der Waals surface area contributed by atoms with E-state index in [1.165, 1.54) is 0 Å². The third-order valence-electron chi connectivity index (χ3n) is 2.00. The Morgan fingerprint density at radius 2 is 2.13 bits per heavy atom. The molecular weight excluding hydrogens is 216 g/mol. The van der Waals surface area contributed by atoms with Gasteiger partial charge in [-0.05, 0) is 24.9 Å². The van der Waals surface area contributed by atoms with E-state index in [1.54, 1.807) is 18.7 Å². The Morgan fingerprint density at radius 1 is 1.53 bits per heavy atom. The van der Waals surface area contributed by atoms with E-state index in [0.29, 0.717) is 18.6 Å². The number of carboxylic acid groups (broad SMARTS) is 1. The molecule has 0 aromatic heterocycles. The maximum atomic E-state index is 11.3. The SMILES string of the molecule is CCC(N)C(=O)N[C@H](CCSC)C(=O)O. The summed E-state index contributed by atoms with van der Waals surface area (Å²) in [6, 6.07) is -1.45. The molecule has 15 heavy (non-hydrogen) atoms. The van der Waals surface area contributed by atoms with E-state index in [4.69, 9.17) is 10.8 Å². The number of thioether (sulfide) groups is 1. The van der Waals surface area contributed by atoms with Crippen molar-refractivity contribution in [3.05, 3.63) is 0 Å². The highest BCUT2D eigenvalue weighted by Crippen LogP contribution is 2.01. The molecule has 0 heterocycles. The van der Waals surface area contributed by atoms with E-state index in [-0.39, 0.29) is 0 Å². The molecule has 0 rings (SSSR count). The van der Waals surface area contributed by atoms with Gasteiger partial charge < -0.3 is 16.2 Å². The van der Waals surface area contributed by atoms with Gasteiger partial charge >= 0.3 is 5.97 Å². The summed E-state index contributed by atoms with van der Waals surface area (Å²) in [5.41, 5.74) is 5.48. The molecule has 0 saturated heterocycles. The van der Waals surface area contributed by atoms with Gasteiger partial charge in [0.1, 0.15) is 6.04 Å². The second kappa shape index (κ2) is 7.53. The number of carbonyl (C=O) groups excluding carboxylic acids is 1. The number of hydrogen-bond donors (Lipinski definition) is 3. The minimum absolute atomic E-state index is 0.397. The second-order valence-corrected chi connectivity index (χ2v) is 4.18. The molecule has 1 unspecified atom stereocenters. The Bertz CT molecular complexity index is 223. The van der Waals surface area contributed by atoms with E-state index < -0.39 is 24.0 Å². The molecule has 5 nitrogen and oxygen atoms in total. The highest BCUT2D eigenvalue weighted by atomic mass is 32.2. The van der Waals surface area contributed by atoms with E-state index >= 15 is 0 Å². The third-order valence-corrected chi connectivity index (χ3v) is 2.65. The van der Waals surface area contributed by atoms with Crippen LogP contribution in [0.15, 0.2) is 0 Å². The molecule has 88 valence electrons. The van der Waals surface area contributed by atoms with Crippen molar-refractivity contribution in [1.82, 2.24) is 5.32 Å². The van der Waals surface area contributed by atoms with Gasteiger partial charge in [-0.1, -0.05) is 6.92 Å². The Balaban J connectivity index is 4.16. The largest absolute Gasteiger partial charge is 0.480 e. The standard InChI is InChI=1S/C9H18N2O3S/c1-3-6(10)8(12)11-7(9(13)14)4-5-15-2/h6-7H,3-5,10H2,1-2H3,(H,11,12)(H,13,14)/t6?,7-/m1/s1. The number of aliphatic carboxylic acids is 1. The topological polar surface area (TPSA) is 92.4 Å². The van der Waals surface area contributed by atoms with E-state index in [0.717, 1.165) is 0 Å². The molecule has 1 amide bonds. The molecule has 0 aliphatic rings. The lowest BCUT2D eigenvalue weighted by atomic mass is 10.2. The minimum Gasteiger partial charge on any atom is -0.480 e. The summed E-state index contributed by atoms with van der Waals surface area (Å²) in [7, 11) is 0. The molecule has 0 radical (unpaired) electrons. The maximum Gasteiger partial charge on any atom is 0.326 e. The van der Waals surface area contributed by atoms with Crippen molar-refractivity contribution in [2.75, 3.05) is 12.0 Å². The van der Waals surface area contributed by atoms with Gasteiger partial charge in [0.15, 0.2) is 0 Å². The summed E-state index contributed by atoms with van der Waals surface area (Å²) in [5, 5.41) is 11.3. The van der Waals surface area contributed by atoms with Crippen molar-refractivity contribution in [3.8, 4) is 0 Å². The fourth-order valence-electron chi connectivity index (χ4n) is 0.957. The first-order valence-electron chi connectivity index (χ1n) is 4.80. The number of nitrogens with one attached hydrogen (secondary N) is 1. The van der Waals surface area contributed by atoms with Crippen LogP contribution in [-0.2, 0) is 9.59 Å². The van der Waals surface area contributed by atoms with Gasteiger partial charge in [-0.15, -0.1) is 0 Å². The lowest BCUT2D eigenvalue weighted by Gasteiger charge is -2.16. The minimum atomic E-state index is -1.01. The fourth-order valence-corrected chi connectivity index (χ4v) is 1.43. The summed E-state index contributed by atoms with van der Waals surface area (Å²) in [6.07, 6.45) is 2.80. The van der Waals surface area contributed by atoms with Gasteiger partial charge in [0.05, 0.1) is 6.04 Å². The average molecular weight is 234 g/mol. The van der Waals surface area contributed by atoms with Crippen LogP contribution in [0.3, 0.4) is 0 Å². The predicted octanol–water partition coefficient (Wildman–Crippen LogP) is 0.0462. The van der Waals surface area contributed by atoms with Gasteiger partial charge in [-0.25, -0.2) is 4.79 Å². The van der Waals surface area contributed by atoms with Gasteiger partial charge in [0, 0.05) is 0 Å². The van der Waals surface area contributed by atoms with E-state index in [9.17, 15) is 9.59 Å². The Labute approximate surface area is 93.8 Å². The Morgan fingerprint density at radius 3 is 2.53 bits per heavy atom. The molecular formula is C9H18N2O3S. The van der Waals surface area contributed by atoms with Crippen LogP contribution < -0.4 is 11.1 Å². The molecule has 0 aromatic rings. The van der Waals surface area contributed by atoms with Gasteiger partial charge in [0.2, 0.25) is 5.91 Å². The normalized spacial score (nSPS) is 14.3. The molecule has 6 heteroatoms. The molecule has 0 aliphatic heterocycles. The number of carboxylic acids is 1. The van der Waals surface area contributed by atoms with Crippen LogP contribution in [0.1, 0.15) is 19.8 Å². The monoisotopic (exact) mass is 234 g/mol. The molecule has 0 spiro atoms. The smallest absolute Gasteiger partial charge is 0.326 e. The number of carbonyl (C=O) groups is 2. The van der Waals surface area contributed by atoms with Crippen molar-refractivity contribution in [1.29, 1.82) is 0 Å². The fraction of sp³-hybridized carbons (Fsp3) is 0.778. The van der Waals surface area contributed by atoms with Crippen LogP contribution in [0.5, 0.6) is 0 Å². The highest BCUT2D eigenvalue weighted by molar-refractivity contribution is 7.98. The van der Waals surface area contributed by atoms with Crippen molar-refractivity contribution in [2.24, 2.45) is 5.73 Å². The Kier molecular flexibility index (Phi) is 7.15. The van der Waals surface area contributed by atoms with Crippen LogP contribution in [0.2, 0.25) is 0 Å². The summed E-state index contributed by atoms with van der Waals surface area (Å²) < 4.78 is 0. The van der Waals surface area contributed by atoms with Gasteiger partial charge in [-0.3, -0.25) is 4.79 Å². The summed E-state index contributed by atoms with van der Waals surface area (Å²) in [5.74, 6) is -0.717. The van der Waals surface area contributed by atoms with Crippen molar-refractivity contribution in [2.45, 2.75) is 31.8 Å². The maximum absolute atomic E-state index is 11.3. The molecule has 0 aromatic carbocycles. The summed E-state index contributed by atoms with van der Waals surface area (Å²) in [4.78, 5) is 22.1. The van der Waals surface area contributed by atoms with Gasteiger partial charge in [0.25, 0.3) is 0 Å². The predicted molar refractivity (Wildman–Crippen MR) is 60.8 cm³/mol. The number of rotatable bonds is 7. The zero-order chi connectivity index (χ0) is 11.8. The first kappa shape index (κ1) is 14.2. The van der Waals surface area contributed by atoms with Crippen molar-refractivity contribution < 1.29 is 14.7 Å². The van der Waals surface area contributed by atoms with Crippen molar-refractivity contribution >= 4 is 23.6 Å². The van der Waals surface area contributed by atoms with Crippen LogP contribution in [0.25, 0.3) is 0 Å². The number of amides is 1. The summed E-state index contributed by atoms with van der Waals surface area (Å²) in [6.45, 7) is 1.78. The van der Waals surface area contributed by atoms with Crippen LogP contribution >= 0.6 is 11.8 Å². The second-order valence-electron chi connectivity index (χ2n) is 3.20. The van der Waals surface area contributed by atoms with Gasteiger partial charge in [-0.2, -0.15) is 11.8 Å². The van der Waals surface area contributed by atoms with E-state index in [2.05, 4.69) is 5.32 Å². The molecule has 0 aliphatic carbocycles. The van der Waals surface area contributed by atoms with Crippen LogP contribution in [0.4, 0.5) is 0 Å². The third kappa shape index (κ3) is 5.64. The molecule has 4 N–H and O–H groups in total. The quantitative estimate of drug-likeness (QED) is 0.578. The lowest BCUT2D eigenvalue weighted by molar-refractivity contribution is -0.142. The molecule has 2 atom stereocenters. The zero-order valence-electron chi connectivity index (χ0n) is 9.03. The lowest BCUT2D eigenvalue weighted by Crippen LogP contribution is -2.48. The Hall–Kier alpha value is -0.750.